The topological polar surface area (TPSA) is 77.5 Å². The lowest BCUT2D eigenvalue weighted by Crippen LogP contribution is -2.37. The summed E-state index contributed by atoms with van der Waals surface area (Å²) in [6, 6.07) is 6.88. The third-order valence-corrected chi connectivity index (χ3v) is 4.54. The van der Waals surface area contributed by atoms with Crippen LogP contribution in [-0.2, 0) is 16.1 Å². The fraction of sp³-hybridized carbons (Fsp3) is 0.389. The highest BCUT2D eigenvalue weighted by Crippen LogP contribution is 2.19. The molecular weight excluding hydrogens is 340 g/mol. The number of carbonyl (C=O) groups excluding carboxylic acids is 2. The summed E-state index contributed by atoms with van der Waals surface area (Å²) in [5.74, 6) is -0.142. The van der Waals surface area contributed by atoms with Gasteiger partial charge in [-0.05, 0) is 51.0 Å². The van der Waals surface area contributed by atoms with Crippen LogP contribution in [0.5, 0.6) is 5.75 Å². The third kappa shape index (κ3) is 5.03. The Morgan fingerprint density at radius 3 is 2.64 bits per heavy atom. The van der Waals surface area contributed by atoms with E-state index in [0.717, 1.165) is 23.5 Å². The van der Waals surface area contributed by atoms with Crippen molar-refractivity contribution in [2.45, 2.75) is 45.4 Å². The van der Waals surface area contributed by atoms with Gasteiger partial charge in [0.2, 0.25) is 0 Å². The second-order valence-electron chi connectivity index (χ2n) is 6.00. The molecule has 7 heteroatoms. The predicted octanol–water partition coefficient (Wildman–Crippen LogP) is 2.85. The minimum absolute atomic E-state index is 0.242. The van der Waals surface area contributed by atoms with Crippen LogP contribution in [0.15, 0.2) is 29.6 Å². The summed E-state index contributed by atoms with van der Waals surface area (Å²) >= 11 is 1.58. The highest BCUT2D eigenvalue weighted by molar-refractivity contribution is 7.09. The molecule has 0 saturated heterocycles. The van der Waals surface area contributed by atoms with Gasteiger partial charge in [0.1, 0.15) is 12.4 Å². The van der Waals surface area contributed by atoms with E-state index >= 15 is 0 Å². The molecule has 0 aliphatic heterocycles. The number of esters is 1. The van der Waals surface area contributed by atoms with E-state index in [2.05, 4.69) is 10.3 Å². The third-order valence-electron chi connectivity index (χ3n) is 3.72. The number of nitrogens with one attached hydrogen (secondary N) is 1. The van der Waals surface area contributed by atoms with Gasteiger partial charge < -0.3 is 14.8 Å². The van der Waals surface area contributed by atoms with E-state index in [1.54, 1.807) is 42.5 Å². The molecule has 1 amide bonds. The Morgan fingerprint density at radius 2 is 2.04 bits per heavy atom. The highest BCUT2D eigenvalue weighted by Gasteiger charge is 2.27. The normalized spacial score (nSPS) is 14.6. The van der Waals surface area contributed by atoms with Crippen molar-refractivity contribution in [3.8, 4) is 5.75 Å². The van der Waals surface area contributed by atoms with Gasteiger partial charge in [0, 0.05) is 11.4 Å². The van der Waals surface area contributed by atoms with Gasteiger partial charge in [-0.2, -0.15) is 0 Å². The van der Waals surface area contributed by atoms with Gasteiger partial charge in [0.05, 0.1) is 16.3 Å². The first-order valence-corrected chi connectivity index (χ1v) is 9.04. The maximum atomic E-state index is 12.1. The number of nitrogens with zero attached hydrogens (tertiary/aromatic N) is 1. The number of hydrogen-bond acceptors (Lipinski definition) is 6. The summed E-state index contributed by atoms with van der Waals surface area (Å²) in [6.07, 6.45) is 1.18. The average Bonchev–Trinajstić information content (AvgIpc) is 3.32. The van der Waals surface area contributed by atoms with E-state index in [1.807, 2.05) is 12.3 Å². The standard InChI is InChI=1S/C18H20N2O4S/c1-11(17(21)20-14-5-6-14)24-18(22)13-3-7-16(8-4-13)23-9-15-10-25-12(2)19-15/h3-4,7-8,10-11,14H,5-6,9H2,1-2H3,(H,20,21)/t11-/m1/s1. The Bertz CT molecular complexity index is 753. The van der Waals surface area contributed by atoms with Crippen molar-refractivity contribution in [1.82, 2.24) is 10.3 Å². The zero-order valence-corrected chi connectivity index (χ0v) is 15.0. The Kier molecular flexibility index (Phi) is 5.33. The van der Waals surface area contributed by atoms with E-state index < -0.39 is 12.1 Å². The van der Waals surface area contributed by atoms with Crippen molar-refractivity contribution in [2.75, 3.05) is 0 Å². The monoisotopic (exact) mass is 360 g/mol. The summed E-state index contributed by atoms with van der Waals surface area (Å²) in [4.78, 5) is 28.3. The summed E-state index contributed by atoms with van der Waals surface area (Å²) in [5, 5.41) is 5.76. The number of aryl methyl sites for hydroxylation is 1. The first kappa shape index (κ1) is 17.4. The summed E-state index contributed by atoms with van der Waals surface area (Å²) in [7, 11) is 0. The first-order valence-electron chi connectivity index (χ1n) is 8.16. The number of rotatable bonds is 7. The molecule has 1 heterocycles. The van der Waals surface area contributed by atoms with Crippen molar-refractivity contribution in [1.29, 1.82) is 0 Å². The van der Waals surface area contributed by atoms with Crippen LogP contribution in [0.25, 0.3) is 0 Å². The van der Waals surface area contributed by atoms with Crippen LogP contribution in [0.4, 0.5) is 0 Å². The number of benzene rings is 1. The van der Waals surface area contributed by atoms with Gasteiger partial charge in [0.25, 0.3) is 5.91 Å². The molecular formula is C18H20N2O4S. The fourth-order valence-electron chi connectivity index (χ4n) is 2.15. The quantitative estimate of drug-likeness (QED) is 0.768. The SMILES string of the molecule is Cc1nc(COc2ccc(C(=O)O[C@H](C)C(=O)NC3CC3)cc2)cs1. The van der Waals surface area contributed by atoms with Gasteiger partial charge in [-0.1, -0.05) is 0 Å². The average molecular weight is 360 g/mol. The van der Waals surface area contributed by atoms with E-state index in [0.29, 0.717) is 17.9 Å². The number of carbonyl (C=O) groups is 2. The summed E-state index contributed by atoms with van der Waals surface area (Å²) in [6.45, 7) is 3.90. The van der Waals surface area contributed by atoms with E-state index in [1.165, 1.54) is 0 Å². The smallest absolute Gasteiger partial charge is 0.338 e. The van der Waals surface area contributed by atoms with Gasteiger partial charge in [0.15, 0.2) is 6.10 Å². The van der Waals surface area contributed by atoms with Crippen molar-refractivity contribution < 1.29 is 19.1 Å². The summed E-state index contributed by atoms with van der Waals surface area (Å²) in [5.41, 5.74) is 1.25. The number of amides is 1. The number of hydrogen-bond donors (Lipinski definition) is 1. The Balaban J connectivity index is 1.50. The van der Waals surface area contributed by atoms with Crippen LogP contribution in [0.1, 0.15) is 40.8 Å². The van der Waals surface area contributed by atoms with Gasteiger partial charge in [-0.15, -0.1) is 11.3 Å². The van der Waals surface area contributed by atoms with Crippen molar-refractivity contribution in [3.63, 3.8) is 0 Å². The molecule has 2 aromatic rings. The fourth-order valence-corrected chi connectivity index (χ4v) is 2.74. The van der Waals surface area contributed by atoms with E-state index in [-0.39, 0.29) is 11.9 Å². The summed E-state index contributed by atoms with van der Waals surface area (Å²) < 4.78 is 10.8. The number of ether oxygens (including phenoxy) is 2. The minimum atomic E-state index is -0.808. The maximum Gasteiger partial charge on any atom is 0.338 e. The molecule has 1 saturated carbocycles. The second-order valence-corrected chi connectivity index (χ2v) is 7.06. The molecule has 25 heavy (non-hydrogen) atoms. The van der Waals surface area contributed by atoms with E-state index in [4.69, 9.17) is 9.47 Å². The molecule has 132 valence electrons. The van der Waals surface area contributed by atoms with Gasteiger partial charge >= 0.3 is 5.97 Å². The predicted molar refractivity (Wildman–Crippen MR) is 93.7 cm³/mol. The van der Waals surface area contributed by atoms with E-state index in [9.17, 15) is 9.59 Å². The van der Waals surface area contributed by atoms with Crippen LogP contribution in [0.2, 0.25) is 0 Å². The lowest BCUT2D eigenvalue weighted by atomic mass is 10.2. The van der Waals surface area contributed by atoms with Crippen LogP contribution >= 0.6 is 11.3 Å². The molecule has 1 fully saturated rings. The number of thiazole rings is 1. The molecule has 1 aliphatic rings. The molecule has 0 bridgehead atoms. The Morgan fingerprint density at radius 1 is 1.32 bits per heavy atom. The molecule has 1 aromatic carbocycles. The minimum Gasteiger partial charge on any atom is -0.487 e. The molecule has 0 spiro atoms. The maximum absolute atomic E-state index is 12.1. The molecule has 6 nitrogen and oxygen atoms in total. The molecule has 1 N–H and O–H groups in total. The zero-order valence-electron chi connectivity index (χ0n) is 14.2. The van der Waals surface area contributed by atoms with Crippen LogP contribution in [-0.4, -0.2) is 29.0 Å². The lowest BCUT2D eigenvalue weighted by Gasteiger charge is -2.13. The Hall–Kier alpha value is -2.41. The molecule has 1 aliphatic carbocycles. The van der Waals surface area contributed by atoms with Crippen molar-refractivity contribution in [2.24, 2.45) is 0 Å². The van der Waals surface area contributed by atoms with Crippen molar-refractivity contribution >= 4 is 23.2 Å². The first-order chi connectivity index (χ1) is 12.0. The van der Waals surface area contributed by atoms with Crippen LogP contribution in [0, 0.1) is 6.92 Å². The molecule has 0 radical (unpaired) electrons. The van der Waals surface area contributed by atoms with Crippen LogP contribution in [0.3, 0.4) is 0 Å². The highest BCUT2D eigenvalue weighted by atomic mass is 32.1. The second kappa shape index (κ2) is 7.65. The largest absolute Gasteiger partial charge is 0.487 e. The molecule has 1 atom stereocenters. The number of aromatic nitrogens is 1. The Labute approximate surface area is 150 Å². The van der Waals surface area contributed by atoms with Gasteiger partial charge in [-0.25, -0.2) is 9.78 Å². The molecule has 0 unspecified atom stereocenters. The van der Waals surface area contributed by atoms with Crippen LogP contribution < -0.4 is 10.1 Å². The molecule has 3 rings (SSSR count). The molecule has 1 aromatic heterocycles. The van der Waals surface area contributed by atoms with Gasteiger partial charge in [-0.3, -0.25) is 4.79 Å². The van der Waals surface area contributed by atoms with Crippen molar-refractivity contribution in [3.05, 3.63) is 45.9 Å². The zero-order chi connectivity index (χ0) is 17.8. The lowest BCUT2D eigenvalue weighted by molar-refractivity contribution is -0.129.